The van der Waals surface area contributed by atoms with E-state index in [1.54, 1.807) is 26.4 Å². The Kier molecular flexibility index (Phi) is 4.65. The van der Waals surface area contributed by atoms with Gasteiger partial charge in [-0.3, -0.25) is 9.79 Å². The van der Waals surface area contributed by atoms with Crippen LogP contribution in [0.4, 0.5) is 4.79 Å². The number of rotatable bonds is 4. The monoisotopic (exact) mass is 341 g/mol. The minimum Gasteiger partial charge on any atom is -0.496 e. The molecule has 2 heterocycles. The third-order valence-electron chi connectivity index (χ3n) is 4.44. The fraction of sp³-hybridized carbons (Fsp3) is 0.333. The molecule has 3 amide bonds. The van der Waals surface area contributed by atoms with E-state index in [0.29, 0.717) is 24.5 Å². The highest BCUT2D eigenvalue weighted by molar-refractivity contribution is 6.30. The highest BCUT2D eigenvalue weighted by atomic mass is 16.5. The zero-order chi connectivity index (χ0) is 18.0. The Morgan fingerprint density at radius 3 is 2.72 bits per heavy atom. The van der Waals surface area contributed by atoms with E-state index in [9.17, 15) is 9.59 Å². The van der Waals surface area contributed by atoms with Crippen molar-refractivity contribution in [2.45, 2.75) is 6.42 Å². The smallest absolute Gasteiger partial charge is 0.417 e. The summed E-state index contributed by atoms with van der Waals surface area (Å²) in [5, 5.41) is 0. The zero-order valence-electron chi connectivity index (χ0n) is 14.5. The number of allylic oxidation sites excluding steroid dienone is 1. The molecule has 0 radical (unpaired) electrons. The molecule has 2 aliphatic heterocycles. The number of carbonyl (C=O) groups is 2. The summed E-state index contributed by atoms with van der Waals surface area (Å²) >= 11 is 0. The third-order valence-corrected chi connectivity index (χ3v) is 4.44. The first-order chi connectivity index (χ1) is 12.0. The number of methoxy groups -OCH3 is 1. The number of ether oxygens (including phenoxy) is 1. The Morgan fingerprint density at radius 2 is 1.96 bits per heavy atom. The molecule has 3 rings (SSSR count). The molecule has 2 aliphatic rings. The highest BCUT2D eigenvalue weighted by Crippen LogP contribution is 2.20. The van der Waals surface area contributed by atoms with Gasteiger partial charge in [0.05, 0.1) is 26.1 Å². The fourth-order valence-corrected chi connectivity index (χ4v) is 3.04. The van der Waals surface area contributed by atoms with Gasteiger partial charge in [0.25, 0.3) is 11.7 Å². The van der Waals surface area contributed by atoms with Crippen molar-refractivity contribution < 1.29 is 19.3 Å². The lowest BCUT2D eigenvalue weighted by molar-refractivity contribution is -0.382. The Bertz CT molecular complexity index is 797. The molecule has 7 heteroatoms. The summed E-state index contributed by atoms with van der Waals surface area (Å²) in [7, 11) is 4.78. The number of hydrogen-bond donors (Lipinski definition) is 1. The first-order valence-corrected chi connectivity index (χ1v) is 8.06. The molecule has 1 atom stereocenters. The van der Waals surface area contributed by atoms with Crippen LogP contribution in [0.15, 0.2) is 41.5 Å². The second kappa shape index (κ2) is 6.88. The van der Waals surface area contributed by atoms with Gasteiger partial charge >= 0.3 is 6.03 Å². The van der Waals surface area contributed by atoms with Crippen LogP contribution >= 0.6 is 0 Å². The van der Waals surface area contributed by atoms with Crippen molar-refractivity contribution in [1.29, 1.82) is 0 Å². The number of benzene rings is 1. The third kappa shape index (κ3) is 3.05. The predicted octanol–water partition coefficient (Wildman–Crippen LogP) is -0.175. The Balaban J connectivity index is 1.79. The van der Waals surface area contributed by atoms with Crippen LogP contribution in [0.1, 0.15) is 5.56 Å². The SMILES string of the molecule is COc1ccccc1CCN=C1C=C[NH+]=C2C1C(=O)N(C)C(=O)N2C. The van der Waals surface area contributed by atoms with Gasteiger partial charge in [-0.2, -0.15) is 4.90 Å². The van der Waals surface area contributed by atoms with E-state index in [1.807, 2.05) is 24.3 Å². The van der Waals surface area contributed by atoms with Gasteiger partial charge in [0.2, 0.25) is 0 Å². The molecule has 1 unspecified atom stereocenters. The zero-order valence-corrected chi connectivity index (χ0v) is 14.5. The number of amides is 3. The maximum absolute atomic E-state index is 12.5. The fourth-order valence-electron chi connectivity index (χ4n) is 3.04. The number of urea groups is 1. The first kappa shape index (κ1) is 16.9. The van der Waals surface area contributed by atoms with E-state index < -0.39 is 5.92 Å². The van der Waals surface area contributed by atoms with Crippen LogP contribution < -0.4 is 9.73 Å². The van der Waals surface area contributed by atoms with Crippen LogP contribution in [-0.2, 0) is 11.2 Å². The van der Waals surface area contributed by atoms with Gasteiger partial charge in [0.15, 0.2) is 5.92 Å². The lowest BCUT2D eigenvalue weighted by Gasteiger charge is -2.31. The molecule has 0 aromatic heterocycles. The van der Waals surface area contributed by atoms with Crippen LogP contribution in [0.3, 0.4) is 0 Å². The maximum Gasteiger partial charge on any atom is 0.417 e. The van der Waals surface area contributed by atoms with Crippen LogP contribution in [0, 0.1) is 5.92 Å². The van der Waals surface area contributed by atoms with Crippen molar-refractivity contribution >= 4 is 23.5 Å². The lowest BCUT2D eigenvalue weighted by atomic mass is 9.95. The standard InChI is InChI=1S/C18H20N4O3/c1-21-16-15(17(23)22(2)18(21)24)13(9-11-20-16)19-10-8-12-6-4-5-7-14(12)25-3/h4-7,9,11,15H,8,10H2,1-3H3/p+1. The second-order valence-electron chi connectivity index (χ2n) is 5.90. The van der Waals surface area contributed by atoms with E-state index in [0.717, 1.165) is 16.2 Å². The minimum absolute atomic E-state index is 0.272. The number of hydrogen-bond acceptors (Lipinski definition) is 4. The average molecular weight is 341 g/mol. The van der Waals surface area contributed by atoms with Crippen LogP contribution in [0.25, 0.3) is 0 Å². The number of carbonyl (C=O) groups excluding carboxylic acids is 2. The minimum atomic E-state index is -0.574. The van der Waals surface area contributed by atoms with E-state index >= 15 is 0 Å². The second-order valence-corrected chi connectivity index (χ2v) is 5.90. The van der Waals surface area contributed by atoms with E-state index in [1.165, 1.54) is 11.9 Å². The molecule has 1 fully saturated rings. The van der Waals surface area contributed by atoms with Crippen LogP contribution in [0.5, 0.6) is 5.75 Å². The van der Waals surface area contributed by atoms with E-state index in [2.05, 4.69) is 9.98 Å². The first-order valence-electron chi connectivity index (χ1n) is 8.06. The molecule has 0 spiro atoms. The number of imide groups is 1. The van der Waals surface area contributed by atoms with Gasteiger partial charge in [-0.05, 0) is 24.1 Å². The van der Waals surface area contributed by atoms with Gasteiger partial charge in [-0.25, -0.2) is 14.7 Å². The average Bonchev–Trinajstić information content (AvgIpc) is 2.64. The number of nitrogens with one attached hydrogen (secondary N) is 1. The summed E-state index contributed by atoms with van der Waals surface area (Å²) in [5.41, 5.74) is 1.72. The molecule has 1 aromatic carbocycles. The van der Waals surface area contributed by atoms with E-state index in [-0.39, 0.29) is 11.9 Å². The highest BCUT2D eigenvalue weighted by Gasteiger charge is 2.49. The molecule has 1 aromatic rings. The normalized spacial score (nSPS) is 21.5. The quantitative estimate of drug-likeness (QED) is 0.826. The molecular formula is C18H21N4O3+. The number of para-hydroxylation sites is 1. The molecule has 0 bridgehead atoms. The summed E-state index contributed by atoms with van der Waals surface area (Å²) in [6.07, 6.45) is 4.19. The van der Waals surface area contributed by atoms with E-state index in [4.69, 9.17) is 4.74 Å². The molecule has 0 aliphatic carbocycles. The molecule has 0 saturated carbocycles. The Hall–Kier alpha value is -2.96. The molecule has 130 valence electrons. The van der Waals surface area contributed by atoms with Gasteiger partial charge in [0.1, 0.15) is 5.75 Å². The van der Waals surface area contributed by atoms with Crippen LogP contribution in [0.2, 0.25) is 0 Å². The van der Waals surface area contributed by atoms with Gasteiger partial charge < -0.3 is 4.74 Å². The largest absolute Gasteiger partial charge is 0.496 e. The molecule has 1 N–H and O–H groups in total. The summed E-state index contributed by atoms with van der Waals surface area (Å²) < 4.78 is 5.35. The number of amidine groups is 1. The van der Waals surface area contributed by atoms with Crippen molar-refractivity contribution in [1.82, 2.24) is 9.80 Å². The van der Waals surface area contributed by atoms with Crippen molar-refractivity contribution in [3.8, 4) is 5.75 Å². The van der Waals surface area contributed by atoms with Crippen LogP contribution in [-0.4, -0.2) is 61.0 Å². The van der Waals surface area contributed by atoms with Gasteiger partial charge in [-0.15, -0.1) is 0 Å². The lowest BCUT2D eigenvalue weighted by Crippen LogP contribution is -2.79. The molecule has 7 nitrogen and oxygen atoms in total. The summed E-state index contributed by atoms with van der Waals surface area (Å²) in [6.45, 7) is 0.526. The Labute approximate surface area is 146 Å². The molecule has 25 heavy (non-hydrogen) atoms. The summed E-state index contributed by atoms with van der Waals surface area (Å²) in [5.74, 6) is 0.530. The van der Waals surface area contributed by atoms with Gasteiger partial charge in [-0.1, -0.05) is 18.2 Å². The van der Waals surface area contributed by atoms with Crippen molar-refractivity contribution in [2.24, 2.45) is 10.9 Å². The topological polar surface area (TPSA) is 76.2 Å². The maximum atomic E-state index is 12.5. The number of nitrogens with zero attached hydrogens (tertiary/aromatic N) is 3. The molecular weight excluding hydrogens is 320 g/mol. The summed E-state index contributed by atoms with van der Waals surface area (Å²) in [6, 6.07) is 7.45. The Morgan fingerprint density at radius 1 is 1.20 bits per heavy atom. The van der Waals surface area contributed by atoms with Gasteiger partial charge in [0, 0.05) is 13.6 Å². The summed E-state index contributed by atoms with van der Waals surface area (Å²) in [4.78, 5) is 34.8. The van der Waals surface area contributed by atoms with Crippen molar-refractivity contribution in [3.05, 3.63) is 42.1 Å². The number of aliphatic imine (C=N–C) groups is 1. The predicted molar refractivity (Wildman–Crippen MR) is 93.5 cm³/mol. The van der Waals surface area contributed by atoms with Crippen molar-refractivity contribution in [3.63, 3.8) is 0 Å². The van der Waals surface area contributed by atoms with Crippen molar-refractivity contribution in [2.75, 3.05) is 27.7 Å². The number of fused-ring (bicyclic) bond motifs is 1. The molecule has 1 saturated heterocycles.